The van der Waals surface area contributed by atoms with Crippen LogP contribution in [0.25, 0.3) is 0 Å². The van der Waals surface area contributed by atoms with E-state index in [9.17, 15) is 14.4 Å². The van der Waals surface area contributed by atoms with Crippen molar-refractivity contribution in [2.75, 3.05) is 6.61 Å². The van der Waals surface area contributed by atoms with Gasteiger partial charge in [-0.3, -0.25) is 14.2 Å². The number of hydrogen-bond acceptors (Lipinski definition) is 4. The van der Waals surface area contributed by atoms with Gasteiger partial charge in [0, 0.05) is 25.4 Å². The zero-order valence-electron chi connectivity index (χ0n) is 21.5. The topological polar surface area (TPSA) is 70.3 Å². The van der Waals surface area contributed by atoms with Gasteiger partial charge in [-0.1, -0.05) is 59.2 Å². The monoisotopic (exact) mass is 448 g/mol. The van der Waals surface area contributed by atoms with E-state index in [2.05, 4.69) is 42.5 Å². The highest BCUT2D eigenvalue weighted by atomic mass is 16.5. The molecule has 1 atom stereocenters. The van der Waals surface area contributed by atoms with Gasteiger partial charge in [0.2, 0.25) is 0 Å². The Balaban J connectivity index is 2.43. The van der Waals surface area contributed by atoms with Crippen molar-refractivity contribution in [1.82, 2.24) is 9.13 Å². The lowest BCUT2D eigenvalue weighted by atomic mass is 9.60. The molecule has 1 aromatic rings. The van der Waals surface area contributed by atoms with Crippen LogP contribution in [0.3, 0.4) is 0 Å². The molecule has 32 heavy (non-hydrogen) atoms. The van der Waals surface area contributed by atoms with Crippen molar-refractivity contribution in [3.8, 4) is 0 Å². The molecule has 0 radical (unpaired) electrons. The van der Waals surface area contributed by atoms with Crippen LogP contribution in [0.2, 0.25) is 5.31 Å². The number of carbonyl (C=O) groups is 1. The van der Waals surface area contributed by atoms with E-state index in [-0.39, 0.29) is 28.5 Å². The van der Waals surface area contributed by atoms with E-state index in [0.29, 0.717) is 19.7 Å². The van der Waals surface area contributed by atoms with Crippen LogP contribution in [0.4, 0.5) is 0 Å². The summed E-state index contributed by atoms with van der Waals surface area (Å²) >= 11 is 0. The maximum atomic E-state index is 12.8. The Hall–Kier alpha value is -1.79. The number of unbranched alkanes of at least 4 members (excludes halogenated alkanes) is 5. The largest absolute Gasteiger partial charge is 0.465 e. The van der Waals surface area contributed by atoms with Crippen molar-refractivity contribution in [3.05, 3.63) is 33.1 Å². The van der Waals surface area contributed by atoms with Crippen LogP contribution in [0.5, 0.6) is 0 Å². The van der Waals surface area contributed by atoms with Crippen molar-refractivity contribution in [3.63, 3.8) is 0 Å². The van der Waals surface area contributed by atoms with E-state index < -0.39 is 5.41 Å². The number of esters is 1. The number of carbonyl (C=O) groups excluding carboxylic acids is 1. The maximum absolute atomic E-state index is 12.8. The summed E-state index contributed by atoms with van der Waals surface area (Å²) in [6, 6.07) is 1.48. The minimum atomic E-state index is -0.473. The molecule has 0 fully saturated rings. The van der Waals surface area contributed by atoms with Crippen molar-refractivity contribution < 1.29 is 9.53 Å². The summed E-state index contributed by atoms with van der Waals surface area (Å²) in [7, 11) is 2.16. The molecule has 6 nitrogen and oxygen atoms in total. The Morgan fingerprint density at radius 1 is 1.03 bits per heavy atom. The first-order valence-electron chi connectivity index (χ1n) is 12.4. The summed E-state index contributed by atoms with van der Waals surface area (Å²) in [5.41, 5.74) is -0.905. The molecule has 0 amide bonds. The molecular weight excluding hydrogens is 403 g/mol. The number of ether oxygens (including phenoxy) is 1. The molecule has 0 aliphatic rings. The van der Waals surface area contributed by atoms with E-state index >= 15 is 0 Å². The fraction of sp³-hybridized carbons (Fsp3) is 0.800. The van der Waals surface area contributed by atoms with Gasteiger partial charge in [-0.25, -0.2) is 4.79 Å². The standard InChI is InChI=1S/C25H45BN2O4/c1-7-8-11-16-28-21(29)14-17-27(23(28)31)15-12-9-10-13-18-32-22(30)25(6,20(2)3)19-24(4,5)26/h14,17,20H,7-13,15-16,18-19,26H2,1-6H3. The van der Waals surface area contributed by atoms with E-state index in [1.54, 1.807) is 10.8 Å². The molecule has 1 unspecified atom stereocenters. The first kappa shape index (κ1) is 28.2. The number of rotatable bonds is 15. The van der Waals surface area contributed by atoms with Gasteiger partial charge in [0.25, 0.3) is 5.56 Å². The number of aromatic nitrogens is 2. The number of nitrogens with zero attached hydrogens (tertiary/aromatic N) is 2. The number of aryl methyl sites for hydroxylation is 1. The minimum Gasteiger partial charge on any atom is -0.465 e. The number of hydrogen-bond donors (Lipinski definition) is 0. The molecule has 0 aliphatic heterocycles. The molecule has 7 heteroatoms. The van der Waals surface area contributed by atoms with Crippen LogP contribution < -0.4 is 11.2 Å². The Bertz CT molecular complexity index is 822. The summed E-state index contributed by atoms with van der Waals surface area (Å²) in [5, 5.41) is 0.0641. The Labute approximate surface area is 195 Å². The lowest BCUT2D eigenvalue weighted by Crippen LogP contribution is -2.39. The summed E-state index contributed by atoms with van der Waals surface area (Å²) in [5.74, 6) is 0.122. The zero-order chi connectivity index (χ0) is 24.4. The second kappa shape index (κ2) is 13.1. The molecule has 0 bridgehead atoms. The predicted molar refractivity (Wildman–Crippen MR) is 134 cm³/mol. The fourth-order valence-corrected chi connectivity index (χ4v) is 4.13. The van der Waals surface area contributed by atoms with Gasteiger partial charge in [-0.15, -0.1) is 0 Å². The van der Waals surface area contributed by atoms with Crippen molar-refractivity contribution in [2.45, 2.75) is 111 Å². The molecule has 0 aliphatic carbocycles. The summed E-state index contributed by atoms with van der Waals surface area (Å²) in [6.07, 6.45) is 8.88. The van der Waals surface area contributed by atoms with Crippen LogP contribution in [-0.2, 0) is 22.6 Å². The molecular formula is C25H45BN2O4. The second-order valence-electron chi connectivity index (χ2n) is 10.8. The minimum absolute atomic E-state index is 0.0641. The van der Waals surface area contributed by atoms with Crippen molar-refractivity contribution in [2.24, 2.45) is 11.3 Å². The fourth-order valence-electron chi connectivity index (χ4n) is 4.13. The third-order valence-electron chi connectivity index (χ3n) is 6.29. The van der Waals surface area contributed by atoms with Crippen LogP contribution in [0, 0.1) is 11.3 Å². The lowest BCUT2D eigenvalue weighted by Gasteiger charge is -2.37. The van der Waals surface area contributed by atoms with Gasteiger partial charge < -0.3 is 9.30 Å². The molecule has 0 N–H and O–H groups in total. The second-order valence-corrected chi connectivity index (χ2v) is 10.8. The SMILES string of the molecule is BC(C)(C)CC(C)(C(=O)OCCCCCCn1ccc(=O)n(CCCCC)c1=O)C(C)C. The van der Waals surface area contributed by atoms with Crippen molar-refractivity contribution >= 4 is 13.8 Å². The molecule has 0 aromatic carbocycles. The van der Waals surface area contributed by atoms with Crippen LogP contribution in [0.1, 0.15) is 92.9 Å². The third kappa shape index (κ3) is 8.99. The van der Waals surface area contributed by atoms with Gasteiger partial charge in [0.1, 0.15) is 7.85 Å². The molecule has 0 spiro atoms. The summed E-state index contributed by atoms with van der Waals surface area (Å²) < 4.78 is 8.62. The van der Waals surface area contributed by atoms with Gasteiger partial charge in [-0.05, 0) is 44.9 Å². The van der Waals surface area contributed by atoms with E-state index in [1.807, 2.05) is 6.92 Å². The highest BCUT2D eigenvalue weighted by Gasteiger charge is 2.41. The molecule has 1 aromatic heterocycles. The smallest absolute Gasteiger partial charge is 0.330 e. The van der Waals surface area contributed by atoms with Crippen molar-refractivity contribution in [1.29, 1.82) is 0 Å². The van der Waals surface area contributed by atoms with Crippen LogP contribution >= 0.6 is 0 Å². The van der Waals surface area contributed by atoms with E-state index in [0.717, 1.165) is 51.4 Å². The van der Waals surface area contributed by atoms with Crippen LogP contribution in [0.15, 0.2) is 21.9 Å². The zero-order valence-corrected chi connectivity index (χ0v) is 21.5. The first-order chi connectivity index (χ1) is 14.9. The summed E-state index contributed by atoms with van der Waals surface area (Å²) in [6.45, 7) is 14.1. The third-order valence-corrected chi connectivity index (χ3v) is 6.29. The molecule has 0 saturated carbocycles. The Morgan fingerprint density at radius 3 is 2.25 bits per heavy atom. The average Bonchev–Trinajstić information content (AvgIpc) is 2.69. The Kier molecular flexibility index (Phi) is 11.5. The quantitative estimate of drug-likeness (QED) is 0.229. The van der Waals surface area contributed by atoms with Gasteiger partial charge in [0.05, 0.1) is 12.0 Å². The molecule has 1 rings (SSSR count). The molecule has 182 valence electrons. The normalized spacial score (nSPS) is 13.8. The molecule has 1 heterocycles. The van der Waals surface area contributed by atoms with Gasteiger partial charge >= 0.3 is 11.7 Å². The molecule has 0 saturated heterocycles. The van der Waals surface area contributed by atoms with Crippen LogP contribution in [-0.4, -0.2) is 29.6 Å². The van der Waals surface area contributed by atoms with E-state index in [4.69, 9.17) is 4.74 Å². The van der Waals surface area contributed by atoms with E-state index in [1.165, 1.54) is 10.6 Å². The Morgan fingerprint density at radius 2 is 1.66 bits per heavy atom. The predicted octanol–water partition coefficient (Wildman–Crippen LogP) is 4.19. The highest BCUT2D eigenvalue weighted by Crippen LogP contribution is 2.42. The first-order valence-corrected chi connectivity index (χ1v) is 12.4. The van der Waals surface area contributed by atoms with Gasteiger partial charge in [-0.2, -0.15) is 0 Å². The summed E-state index contributed by atoms with van der Waals surface area (Å²) in [4.78, 5) is 37.3. The highest BCUT2D eigenvalue weighted by molar-refractivity contribution is 6.14. The van der Waals surface area contributed by atoms with Gasteiger partial charge in [0.15, 0.2) is 0 Å². The lowest BCUT2D eigenvalue weighted by molar-refractivity contribution is -0.159. The average molecular weight is 448 g/mol. The maximum Gasteiger partial charge on any atom is 0.330 e.